The van der Waals surface area contributed by atoms with Gasteiger partial charge in [0, 0.05) is 40.5 Å². The van der Waals surface area contributed by atoms with Crippen molar-refractivity contribution in [3.8, 4) is 22.3 Å². The molecule has 4 aromatic carbocycles. The number of nitrogens with zero attached hydrogens (tertiary/aromatic N) is 2. The van der Waals surface area contributed by atoms with E-state index in [0.717, 1.165) is 73.1 Å². The molecule has 0 N–H and O–H groups in total. The first-order valence-electron chi connectivity index (χ1n) is 11.0. The lowest BCUT2D eigenvalue weighted by Gasteiger charge is -2.18. The normalized spacial score (nSPS) is 16.0. The Balaban J connectivity index is 1.66. The Hall–Kier alpha value is -1.16. The second kappa shape index (κ2) is 12.1. The molecular formula is C28H18Br4N2S2. The number of hydrogen-bond donors (Lipinski definition) is 0. The second-order valence-electron chi connectivity index (χ2n) is 7.83. The summed E-state index contributed by atoms with van der Waals surface area (Å²) in [6.45, 7) is 0. The van der Waals surface area contributed by atoms with Crippen molar-refractivity contribution in [1.82, 2.24) is 0 Å². The van der Waals surface area contributed by atoms with Crippen LogP contribution in [0.2, 0.25) is 0 Å². The molecule has 0 atom stereocenters. The summed E-state index contributed by atoms with van der Waals surface area (Å²) < 4.78 is 3.88. The first-order chi connectivity index (χ1) is 17.5. The Morgan fingerprint density at radius 1 is 0.528 bits per heavy atom. The van der Waals surface area contributed by atoms with E-state index in [1.807, 2.05) is 24.3 Å². The highest BCUT2D eigenvalue weighted by Gasteiger charge is 2.21. The maximum atomic E-state index is 5.20. The number of hydrogen-bond acceptors (Lipinski definition) is 4. The standard InChI is InChI=1S/C28H18Br4N2S2/c29-19-13-21(17-7-3-1-4-8-17)25(23(31)15-19)33-27-28(36-12-11-35-27)34-26-22(14-20(30)16-24(26)32)18-9-5-2-6-10-18/h1-10,13-16H,11-12H2/b33-27-,34-28-. The van der Waals surface area contributed by atoms with Crippen LogP contribution in [0.4, 0.5) is 11.4 Å². The zero-order valence-electron chi connectivity index (χ0n) is 18.7. The van der Waals surface area contributed by atoms with Crippen LogP contribution in [0.1, 0.15) is 0 Å². The Labute approximate surface area is 253 Å². The maximum absolute atomic E-state index is 5.20. The summed E-state index contributed by atoms with van der Waals surface area (Å²) in [5.41, 5.74) is 6.17. The molecule has 1 aliphatic heterocycles. The van der Waals surface area contributed by atoms with Gasteiger partial charge in [0.25, 0.3) is 0 Å². The van der Waals surface area contributed by atoms with Crippen molar-refractivity contribution in [3.63, 3.8) is 0 Å². The summed E-state index contributed by atoms with van der Waals surface area (Å²) in [5.74, 6) is 1.98. The van der Waals surface area contributed by atoms with Gasteiger partial charge in [0.05, 0.1) is 11.4 Å². The van der Waals surface area contributed by atoms with Gasteiger partial charge in [0.1, 0.15) is 10.1 Å². The molecule has 180 valence electrons. The van der Waals surface area contributed by atoms with Gasteiger partial charge in [0.2, 0.25) is 0 Å². The van der Waals surface area contributed by atoms with Crippen LogP contribution in [-0.4, -0.2) is 21.6 Å². The SMILES string of the molecule is Brc1cc(Br)c(/N=C2\SCCS\C2=N/c2c(Br)cc(Br)cc2-c2ccccc2)c(-c2ccccc2)c1. The van der Waals surface area contributed by atoms with Crippen molar-refractivity contribution in [2.75, 3.05) is 11.5 Å². The molecular weight excluding hydrogens is 748 g/mol. The highest BCUT2D eigenvalue weighted by atomic mass is 79.9. The summed E-state index contributed by atoms with van der Waals surface area (Å²) in [4.78, 5) is 10.4. The first-order valence-corrected chi connectivity index (χ1v) is 16.2. The number of rotatable bonds is 4. The highest BCUT2D eigenvalue weighted by Crippen LogP contribution is 2.43. The quantitative estimate of drug-likeness (QED) is 0.207. The number of benzene rings is 4. The minimum Gasteiger partial charge on any atom is -0.237 e. The van der Waals surface area contributed by atoms with E-state index in [1.54, 1.807) is 23.5 Å². The van der Waals surface area contributed by atoms with E-state index in [-0.39, 0.29) is 0 Å². The van der Waals surface area contributed by atoms with E-state index in [4.69, 9.17) is 9.98 Å². The average molecular weight is 766 g/mol. The van der Waals surface area contributed by atoms with E-state index in [1.165, 1.54) is 0 Å². The minimum atomic E-state index is 0.903. The van der Waals surface area contributed by atoms with Gasteiger partial charge in [-0.25, -0.2) is 9.98 Å². The predicted octanol–water partition coefficient (Wildman–Crippen LogP) is 11.3. The fourth-order valence-corrected chi connectivity index (χ4v) is 8.48. The lowest BCUT2D eigenvalue weighted by atomic mass is 10.0. The van der Waals surface area contributed by atoms with Gasteiger partial charge in [-0.05, 0) is 67.3 Å². The van der Waals surface area contributed by atoms with Crippen molar-refractivity contribution >= 4 is 109 Å². The Morgan fingerprint density at radius 2 is 0.917 bits per heavy atom. The third-order valence-electron chi connectivity index (χ3n) is 5.40. The molecule has 0 unspecified atom stereocenters. The molecule has 0 saturated carbocycles. The molecule has 2 nitrogen and oxygen atoms in total. The molecule has 0 bridgehead atoms. The molecule has 1 aliphatic rings. The van der Waals surface area contributed by atoms with Gasteiger partial charge in [-0.15, -0.1) is 23.5 Å². The van der Waals surface area contributed by atoms with Crippen molar-refractivity contribution in [1.29, 1.82) is 0 Å². The number of halogens is 4. The molecule has 0 aliphatic carbocycles. The van der Waals surface area contributed by atoms with Gasteiger partial charge < -0.3 is 0 Å². The third kappa shape index (κ3) is 6.11. The molecule has 1 saturated heterocycles. The zero-order valence-corrected chi connectivity index (χ0v) is 26.7. The summed E-state index contributed by atoms with van der Waals surface area (Å²) in [5, 5.41) is 1.86. The van der Waals surface area contributed by atoms with E-state index in [0.29, 0.717) is 0 Å². The summed E-state index contributed by atoms with van der Waals surface area (Å²) >= 11 is 18.3. The Kier molecular flexibility index (Phi) is 8.91. The van der Waals surface area contributed by atoms with Crippen LogP contribution >= 0.6 is 87.2 Å². The van der Waals surface area contributed by atoms with Crippen molar-refractivity contribution < 1.29 is 0 Å². The molecule has 0 amide bonds. The lowest BCUT2D eigenvalue weighted by Crippen LogP contribution is -2.14. The van der Waals surface area contributed by atoms with Crippen molar-refractivity contribution in [3.05, 3.63) is 103 Å². The van der Waals surface area contributed by atoms with Crippen LogP contribution in [0, 0.1) is 0 Å². The lowest BCUT2D eigenvalue weighted by molar-refractivity contribution is 1.45. The summed E-state index contributed by atoms with van der Waals surface area (Å²) in [6, 6.07) is 29.0. The maximum Gasteiger partial charge on any atom is 0.129 e. The molecule has 8 heteroatoms. The summed E-state index contributed by atoms with van der Waals surface area (Å²) in [6.07, 6.45) is 0. The van der Waals surface area contributed by atoms with Crippen LogP contribution < -0.4 is 0 Å². The van der Waals surface area contributed by atoms with Gasteiger partial charge in [-0.1, -0.05) is 92.5 Å². The van der Waals surface area contributed by atoms with E-state index in [9.17, 15) is 0 Å². The highest BCUT2D eigenvalue weighted by molar-refractivity contribution is 9.11. The third-order valence-corrected chi connectivity index (χ3v) is 9.84. The molecule has 0 aromatic heterocycles. The largest absolute Gasteiger partial charge is 0.237 e. The predicted molar refractivity (Wildman–Crippen MR) is 174 cm³/mol. The molecule has 5 rings (SSSR count). The monoisotopic (exact) mass is 762 g/mol. The molecule has 4 aromatic rings. The van der Waals surface area contributed by atoms with Gasteiger partial charge in [0.15, 0.2) is 0 Å². The van der Waals surface area contributed by atoms with E-state index < -0.39 is 0 Å². The number of thioether (sulfide) groups is 2. The number of aliphatic imine (C=N–C) groups is 2. The fourth-order valence-electron chi connectivity index (χ4n) is 3.80. The molecule has 0 radical (unpaired) electrons. The average Bonchev–Trinajstić information content (AvgIpc) is 2.89. The van der Waals surface area contributed by atoms with Crippen LogP contribution in [0.5, 0.6) is 0 Å². The molecule has 1 fully saturated rings. The Morgan fingerprint density at radius 3 is 1.31 bits per heavy atom. The van der Waals surface area contributed by atoms with E-state index in [2.05, 4.69) is 124 Å². The van der Waals surface area contributed by atoms with Gasteiger partial charge >= 0.3 is 0 Å². The minimum absolute atomic E-state index is 0.903. The Bertz CT molecular complexity index is 1360. The molecule has 36 heavy (non-hydrogen) atoms. The van der Waals surface area contributed by atoms with Crippen LogP contribution in [0.25, 0.3) is 22.3 Å². The molecule has 0 spiro atoms. The zero-order chi connectivity index (χ0) is 25.1. The summed E-state index contributed by atoms with van der Waals surface area (Å²) in [7, 11) is 0. The second-order valence-corrected chi connectivity index (χ2v) is 13.5. The van der Waals surface area contributed by atoms with Crippen LogP contribution in [0.15, 0.2) is 113 Å². The van der Waals surface area contributed by atoms with Crippen LogP contribution in [0.3, 0.4) is 0 Å². The fraction of sp³-hybridized carbons (Fsp3) is 0.0714. The van der Waals surface area contributed by atoms with Crippen LogP contribution in [-0.2, 0) is 0 Å². The molecule has 1 heterocycles. The van der Waals surface area contributed by atoms with Crippen molar-refractivity contribution in [2.45, 2.75) is 0 Å². The first kappa shape index (κ1) is 26.4. The van der Waals surface area contributed by atoms with E-state index >= 15 is 0 Å². The topological polar surface area (TPSA) is 24.7 Å². The van der Waals surface area contributed by atoms with Gasteiger partial charge in [-0.3, -0.25) is 0 Å². The van der Waals surface area contributed by atoms with Gasteiger partial charge in [-0.2, -0.15) is 0 Å². The van der Waals surface area contributed by atoms with Crippen molar-refractivity contribution in [2.24, 2.45) is 9.98 Å². The smallest absolute Gasteiger partial charge is 0.129 e.